The van der Waals surface area contributed by atoms with Crippen LogP contribution in [0.3, 0.4) is 0 Å². The molecule has 98 valence electrons. The van der Waals surface area contributed by atoms with Crippen molar-refractivity contribution in [2.24, 2.45) is 0 Å². The van der Waals surface area contributed by atoms with Gasteiger partial charge < -0.3 is 14.9 Å². The van der Waals surface area contributed by atoms with E-state index in [4.69, 9.17) is 14.9 Å². The van der Waals surface area contributed by atoms with Crippen LogP contribution in [0.5, 0.6) is 0 Å². The first-order valence-corrected chi connectivity index (χ1v) is 5.95. The summed E-state index contributed by atoms with van der Waals surface area (Å²) in [5.74, 6) is -0.425. The molecule has 4 nitrogen and oxygen atoms in total. The van der Waals surface area contributed by atoms with Crippen LogP contribution in [0, 0.1) is 0 Å². The Morgan fingerprint density at radius 2 is 2.11 bits per heavy atom. The van der Waals surface area contributed by atoms with Crippen LogP contribution in [0.1, 0.15) is 37.2 Å². The van der Waals surface area contributed by atoms with Gasteiger partial charge in [-0.05, 0) is 18.1 Å². The molecule has 0 fully saturated rings. The average Bonchev–Trinajstić information content (AvgIpc) is 2.37. The highest BCUT2D eigenvalue weighted by molar-refractivity contribution is 5.87. The maximum Gasteiger partial charge on any atom is 0.330 e. The Bertz CT molecular complexity index is 410. The van der Waals surface area contributed by atoms with Gasteiger partial charge >= 0.3 is 5.97 Å². The van der Waals surface area contributed by atoms with E-state index in [2.05, 4.69) is 0 Å². The molecule has 4 heteroatoms. The van der Waals surface area contributed by atoms with Crippen LogP contribution in [0.2, 0.25) is 0 Å². The van der Waals surface area contributed by atoms with E-state index >= 15 is 0 Å². The third-order valence-corrected chi connectivity index (χ3v) is 2.42. The summed E-state index contributed by atoms with van der Waals surface area (Å²) in [5, 5.41) is 18.3. The van der Waals surface area contributed by atoms with E-state index < -0.39 is 12.3 Å². The highest BCUT2D eigenvalue weighted by Crippen LogP contribution is 2.17. The minimum absolute atomic E-state index is 0.357. The molecule has 1 aromatic rings. The van der Waals surface area contributed by atoms with Crippen molar-refractivity contribution in [3.8, 4) is 0 Å². The summed E-state index contributed by atoms with van der Waals surface area (Å²) in [6.07, 6.45) is 3.06. The number of hydrogen-bond acceptors (Lipinski definition) is 4. The molecule has 0 atom stereocenters. The van der Waals surface area contributed by atoms with E-state index in [1.165, 1.54) is 12.2 Å². The molecule has 18 heavy (non-hydrogen) atoms. The van der Waals surface area contributed by atoms with Crippen LogP contribution < -0.4 is 0 Å². The molecular formula is C14H18O4. The third-order valence-electron chi connectivity index (χ3n) is 2.42. The number of benzene rings is 1. The Balaban J connectivity index is 2.63. The van der Waals surface area contributed by atoms with Crippen molar-refractivity contribution in [2.45, 2.75) is 26.1 Å². The number of aliphatic hydroxyl groups is 2. The number of unbranched alkanes of at least 4 members (excludes halogenated alkanes) is 1. The van der Waals surface area contributed by atoms with E-state index in [-0.39, 0.29) is 0 Å². The van der Waals surface area contributed by atoms with Gasteiger partial charge in [0.15, 0.2) is 6.29 Å². The summed E-state index contributed by atoms with van der Waals surface area (Å²) in [5.41, 5.74) is 0.940. The van der Waals surface area contributed by atoms with Gasteiger partial charge in [-0.25, -0.2) is 4.79 Å². The summed E-state index contributed by atoms with van der Waals surface area (Å²) < 4.78 is 4.95. The Kier molecular flexibility index (Phi) is 6.11. The van der Waals surface area contributed by atoms with Crippen molar-refractivity contribution < 1.29 is 19.7 Å². The molecule has 0 aliphatic carbocycles. The predicted molar refractivity (Wildman–Crippen MR) is 68.5 cm³/mol. The van der Waals surface area contributed by atoms with Crippen LogP contribution in [0.4, 0.5) is 0 Å². The molecule has 0 heterocycles. The van der Waals surface area contributed by atoms with Gasteiger partial charge in [-0.15, -0.1) is 0 Å². The predicted octanol–water partition coefficient (Wildman–Crippen LogP) is 2.03. The van der Waals surface area contributed by atoms with Crippen LogP contribution in [0.25, 0.3) is 6.08 Å². The molecule has 0 unspecified atom stereocenters. The molecule has 0 saturated heterocycles. The van der Waals surface area contributed by atoms with Crippen LogP contribution in [-0.4, -0.2) is 22.8 Å². The summed E-state index contributed by atoms with van der Waals surface area (Å²) in [7, 11) is 0. The molecule has 0 amide bonds. The second kappa shape index (κ2) is 7.63. The maximum absolute atomic E-state index is 11.3. The van der Waals surface area contributed by atoms with E-state index in [9.17, 15) is 4.79 Å². The number of carbonyl (C=O) groups excluding carboxylic acids is 1. The normalized spacial score (nSPS) is 11.1. The molecule has 0 bridgehead atoms. The standard InChI is InChI=1S/C14H18O4/c1-2-3-10-18-13(15)9-8-11-6-4-5-7-12(11)14(16)17/h4-9,14,16-17H,2-3,10H2,1H3. The second-order valence-corrected chi connectivity index (χ2v) is 3.86. The largest absolute Gasteiger partial charge is 0.463 e. The average molecular weight is 250 g/mol. The molecule has 1 rings (SSSR count). The molecule has 0 aliphatic heterocycles. The SMILES string of the molecule is CCCCOC(=O)C=Cc1ccccc1C(O)O. The first kappa shape index (κ1) is 14.4. The Hall–Kier alpha value is -1.65. The summed E-state index contributed by atoms with van der Waals surface area (Å²) in [6, 6.07) is 6.75. The highest BCUT2D eigenvalue weighted by Gasteiger charge is 2.06. The lowest BCUT2D eigenvalue weighted by molar-refractivity contribution is -0.137. The topological polar surface area (TPSA) is 66.8 Å². The van der Waals surface area contributed by atoms with Crippen LogP contribution in [-0.2, 0) is 9.53 Å². The lowest BCUT2D eigenvalue weighted by Crippen LogP contribution is -2.02. The van der Waals surface area contributed by atoms with Gasteiger partial charge in [-0.2, -0.15) is 0 Å². The Labute approximate surface area is 107 Å². The molecule has 2 N–H and O–H groups in total. The van der Waals surface area contributed by atoms with Crippen molar-refractivity contribution in [3.63, 3.8) is 0 Å². The smallest absolute Gasteiger partial charge is 0.330 e. The molecule has 0 aliphatic rings. The quantitative estimate of drug-likeness (QED) is 0.351. The zero-order valence-corrected chi connectivity index (χ0v) is 10.4. The minimum Gasteiger partial charge on any atom is -0.463 e. The van der Waals surface area contributed by atoms with Crippen molar-refractivity contribution in [1.82, 2.24) is 0 Å². The lowest BCUT2D eigenvalue weighted by Gasteiger charge is -2.07. The van der Waals surface area contributed by atoms with Gasteiger partial charge in [-0.3, -0.25) is 0 Å². The first-order chi connectivity index (χ1) is 8.65. The van der Waals surface area contributed by atoms with Crippen LogP contribution in [0.15, 0.2) is 30.3 Å². The third kappa shape index (κ3) is 4.69. The molecule has 1 aromatic carbocycles. The van der Waals surface area contributed by atoms with E-state index in [0.29, 0.717) is 17.7 Å². The lowest BCUT2D eigenvalue weighted by atomic mass is 10.1. The van der Waals surface area contributed by atoms with Crippen molar-refractivity contribution >= 4 is 12.0 Å². The van der Waals surface area contributed by atoms with Crippen molar-refractivity contribution in [2.75, 3.05) is 6.61 Å². The van der Waals surface area contributed by atoms with Crippen LogP contribution >= 0.6 is 0 Å². The molecule has 0 spiro atoms. The number of aliphatic hydroxyl groups excluding tert-OH is 1. The van der Waals surface area contributed by atoms with Gasteiger partial charge in [-0.1, -0.05) is 37.6 Å². The number of carbonyl (C=O) groups is 1. The minimum atomic E-state index is -1.55. The van der Waals surface area contributed by atoms with E-state index in [0.717, 1.165) is 12.8 Å². The summed E-state index contributed by atoms with van der Waals surface area (Å²) in [4.78, 5) is 11.3. The fourth-order valence-corrected chi connectivity index (χ4v) is 1.42. The van der Waals surface area contributed by atoms with Gasteiger partial charge in [0.05, 0.1) is 6.61 Å². The summed E-state index contributed by atoms with van der Waals surface area (Å²) >= 11 is 0. The van der Waals surface area contributed by atoms with Gasteiger partial charge in [0.25, 0.3) is 0 Å². The Morgan fingerprint density at radius 3 is 2.78 bits per heavy atom. The van der Waals surface area contributed by atoms with Crippen molar-refractivity contribution in [3.05, 3.63) is 41.5 Å². The molecule has 0 radical (unpaired) electrons. The van der Waals surface area contributed by atoms with E-state index in [1.54, 1.807) is 24.3 Å². The number of ether oxygens (including phenoxy) is 1. The Morgan fingerprint density at radius 1 is 1.39 bits per heavy atom. The zero-order valence-electron chi connectivity index (χ0n) is 10.4. The molecular weight excluding hydrogens is 232 g/mol. The van der Waals surface area contributed by atoms with Gasteiger partial charge in [0.2, 0.25) is 0 Å². The first-order valence-electron chi connectivity index (χ1n) is 5.95. The fraction of sp³-hybridized carbons (Fsp3) is 0.357. The number of esters is 1. The zero-order chi connectivity index (χ0) is 13.4. The van der Waals surface area contributed by atoms with Gasteiger partial charge in [0, 0.05) is 11.6 Å². The van der Waals surface area contributed by atoms with Gasteiger partial charge in [0.1, 0.15) is 0 Å². The monoisotopic (exact) mass is 250 g/mol. The maximum atomic E-state index is 11.3. The van der Waals surface area contributed by atoms with Crippen molar-refractivity contribution in [1.29, 1.82) is 0 Å². The number of hydrogen-bond donors (Lipinski definition) is 2. The molecule has 0 saturated carbocycles. The second-order valence-electron chi connectivity index (χ2n) is 3.86. The number of rotatable bonds is 6. The fourth-order valence-electron chi connectivity index (χ4n) is 1.42. The summed E-state index contributed by atoms with van der Waals surface area (Å²) in [6.45, 7) is 2.42. The molecule has 0 aromatic heterocycles. The highest BCUT2D eigenvalue weighted by atomic mass is 16.5. The van der Waals surface area contributed by atoms with E-state index in [1.807, 2.05) is 6.92 Å².